The van der Waals surface area contributed by atoms with E-state index in [1.165, 1.54) is 0 Å². The van der Waals surface area contributed by atoms with E-state index < -0.39 is 6.10 Å². The molecule has 5 nitrogen and oxygen atoms in total. The Morgan fingerprint density at radius 3 is 2.61 bits per heavy atom. The maximum Gasteiger partial charge on any atom is 0.252 e. The van der Waals surface area contributed by atoms with Crippen LogP contribution in [0.1, 0.15) is 27.8 Å². The Kier molecular flexibility index (Phi) is 6.17. The molecule has 0 aliphatic rings. The fraction of sp³-hybridized carbons (Fsp3) is 0.348. The highest BCUT2D eigenvalue weighted by Crippen LogP contribution is 2.21. The van der Waals surface area contributed by atoms with Crippen LogP contribution in [-0.4, -0.2) is 29.3 Å². The van der Waals surface area contributed by atoms with Gasteiger partial charge >= 0.3 is 0 Å². The Balaban J connectivity index is 1.59. The Bertz CT molecular complexity index is 1040. The number of H-pyrrole nitrogens is 1. The van der Waals surface area contributed by atoms with E-state index in [1.54, 1.807) is 0 Å². The zero-order valence-electron chi connectivity index (χ0n) is 16.9. The summed E-state index contributed by atoms with van der Waals surface area (Å²) in [7, 11) is 0. The summed E-state index contributed by atoms with van der Waals surface area (Å²) in [6.45, 7) is 8.99. The number of aliphatic hydroxyl groups is 1. The lowest BCUT2D eigenvalue weighted by Gasteiger charge is -2.15. The zero-order chi connectivity index (χ0) is 20.3. The fourth-order valence-corrected chi connectivity index (χ4v) is 3.25. The van der Waals surface area contributed by atoms with Gasteiger partial charge in [-0.15, -0.1) is 0 Å². The lowest BCUT2D eigenvalue weighted by atomic mass is 10.0. The normalized spacial score (nSPS) is 12.3. The van der Waals surface area contributed by atoms with Crippen LogP contribution in [0.3, 0.4) is 0 Å². The molecular weight excluding hydrogens is 352 g/mol. The molecule has 1 heterocycles. The van der Waals surface area contributed by atoms with E-state index in [1.807, 2.05) is 58.0 Å². The number of ether oxygens (including phenoxy) is 1. The van der Waals surface area contributed by atoms with E-state index in [-0.39, 0.29) is 12.2 Å². The van der Waals surface area contributed by atoms with Crippen molar-refractivity contribution in [2.24, 2.45) is 0 Å². The lowest BCUT2D eigenvalue weighted by Crippen LogP contribution is -2.32. The van der Waals surface area contributed by atoms with E-state index in [0.29, 0.717) is 18.7 Å². The van der Waals surface area contributed by atoms with Crippen molar-refractivity contribution in [3.63, 3.8) is 0 Å². The molecule has 0 amide bonds. The van der Waals surface area contributed by atoms with Crippen LogP contribution >= 0.6 is 0 Å². The van der Waals surface area contributed by atoms with Gasteiger partial charge in [0.15, 0.2) is 0 Å². The second-order valence-electron chi connectivity index (χ2n) is 7.41. The van der Waals surface area contributed by atoms with Gasteiger partial charge in [0.25, 0.3) is 5.56 Å². The molecule has 0 saturated carbocycles. The molecule has 0 radical (unpaired) electrons. The number of hydrogen-bond donors (Lipinski definition) is 3. The standard InChI is InChI=1S/C23H28N2O3/c1-14-6-5-7-21(17(14)4)28-13-19(26)12-24-11-18-10-20-15(2)8-9-16(3)22(20)25-23(18)27/h5-10,19,24,26H,11-13H2,1-4H3,(H,25,27). The molecule has 5 heteroatoms. The van der Waals surface area contributed by atoms with Crippen molar-refractivity contribution in [2.45, 2.75) is 40.3 Å². The van der Waals surface area contributed by atoms with Crippen LogP contribution < -0.4 is 15.6 Å². The first-order chi connectivity index (χ1) is 13.4. The third-order valence-corrected chi connectivity index (χ3v) is 5.20. The molecule has 1 unspecified atom stereocenters. The molecule has 28 heavy (non-hydrogen) atoms. The van der Waals surface area contributed by atoms with E-state index >= 15 is 0 Å². The summed E-state index contributed by atoms with van der Waals surface area (Å²) >= 11 is 0. The smallest absolute Gasteiger partial charge is 0.252 e. The van der Waals surface area contributed by atoms with E-state index in [4.69, 9.17) is 4.74 Å². The van der Waals surface area contributed by atoms with Gasteiger partial charge in [0.1, 0.15) is 18.5 Å². The number of hydrogen-bond acceptors (Lipinski definition) is 4. The molecule has 0 saturated heterocycles. The number of aliphatic hydroxyl groups excluding tert-OH is 1. The van der Waals surface area contributed by atoms with Gasteiger partial charge in [-0.25, -0.2) is 0 Å². The Morgan fingerprint density at radius 1 is 1.07 bits per heavy atom. The van der Waals surface area contributed by atoms with Gasteiger partial charge in [0.2, 0.25) is 0 Å². The minimum Gasteiger partial charge on any atom is -0.491 e. The molecule has 3 aromatic rings. The minimum absolute atomic E-state index is 0.102. The van der Waals surface area contributed by atoms with Gasteiger partial charge in [-0.2, -0.15) is 0 Å². The van der Waals surface area contributed by atoms with Crippen LogP contribution in [0.2, 0.25) is 0 Å². The number of aryl methyl sites for hydroxylation is 3. The van der Waals surface area contributed by atoms with Crippen LogP contribution in [0.15, 0.2) is 41.2 Å². The maximum absolute atomic E-state index is 12.4. The molecule has 0 fully saturated rings. The van der Waals surface area contributed by atoms with Crippen LogP contribution in [0.4, 0.5) is 0 Å². The lowest BCUT2D eigenvalue weighted by molar-refractivity contribution is 0.106. The molecule has 3 rings (SSSR count). The van der Waals surface area contributed by atoms with Gasteiger partial charge in [0.05, 0.1) is 5.52 Å². The molecule has 0 spiro atoms. The summed E-state index contributed by atoms with van der Waals surface area (Å²) in [6, 6.07) is 11.9. The molecule has 0 aliphatic carbocycles. The predicted octanol–water partition coefficient (Wildman–Crippen LogP) is 3.29. The van der Waals surface area contributed by atoms with Gasteiger partial charge in [-0.05, 0) is 62.1 Å². The molecular formula is C23H28N2O3. The second kappa shape index (κ2) is 8.59. The van der Waals surface area contributed by atoms with Crippen LogP contribution in [0.5, 0.6) is 5.75 Å². The highest BCUT2D eigenvalue weighted by molar-refractivity contribution is 5.85. The van der Waals surface area contributed by atoms with Crippen LogP contribution in [-0.2, 0) is 6.54 Å². The first-order valence-electron chi connectivity index (χ1n) is 9.56. The number of benzene rings is 2. The molecule has 0 bridgehead atoms. The second-order valence-corrected chi connectivity index (χ2v) is 7.41. The quantitative estimate of drug-likeness (QED) is 0.588. The minimum atomic E-state index is -0.663. The van der Waals surface area contributed by atoms with Crippen molar-refractivity contribution in [1.82, 2.24) is 10.3 Å². The van der Waals surface area contributed by atoms with Gasteiger partial charge in [-0.1, -0.05) is 24.3 Å². The van der Waals surface area contributed by atoms with Crippen LogP contribution in [0.25, 0.3) is 10.9 Å². The number of fused-ring (bicyclic) bond motifs is 1. The van der Waals surface area contributed by atoms with Crippen molar-refractivity contribution in [3.05, 3.63) is 74.6 Å². The highest BCUT2D eigenvalue weighted by Gasteiger charge is 2.10. The Labute approximate surface area is 165 Å². The van der Waals surface area contributed by atoms with Crippen LogP contribution in [0, 0.1) is 27.7 Å². The number of aromatic nitrogens is 1. The summed E-state index contributed by atoms with van der Waals surface area (Å²) in [5.41, 5.74) is 5.85. The summed E-state index contributed by atoms with van der Waals surface area (Å²) in [6.07, 6.45) is -0.663. The van der Waals surface area contributed by atoms with Gasteiger partial charge in [-0.3, -0.25) is 4.79 Å². The zero-order valence-corrected chi connectivity index (χ0v) is 16.9. The number of rotatable bonds is 7. The monoisotopic (exact) mass is 380 g/mol. The molecule has 148 valence electrons. The number of nitrogens with one attached hydrogen (secondary N) is 2. The maximum atomic E-state index is 12.4. The SMILES string of the molecule is Cc1cccc(OCC(O)CNCc2cc3c(C)ccc(C)c3[nH]c2=O)c1C. The van der Waals surface area contributed by atoms with E-state index in [2.05, 4.69) is 16.4 Å². The van der Waals surface area contributed by atoms with Crippen molar-refractivity contribution in [2.75, 3.05) is 13.2 Å². The van der Waals surface area contributed by atoms with Crippen molar-refractivity contribution >= 4 is 10.9 Å². The predicted molar refractivity (Wildman–Crippen MR) is 113 cm³/mol. The summed E-state index contributed by atoms with van der Waals surface area (Å²) in [5, 5.41) is 14.4. The average Bonchev–Trinajstić information content (AvgIpc) is 2.67. The summed E-state index contributed by atoms with van der Waals surface area (Å²) < 4.78 is 5.73. The highest BCUT2D eigenvalue weighted by atomic mass is 16.5. The number of pyridine rings is 1. The molecule has 1 aromatic heterocycles. The van der Waals surface area contributed by atoms with Crippen molar-refractivity contribution in [1.29, 1.82) is 0 Å². The largest absolute Gasteiger partial charge is 0.491 e. The summed E-state index contributed by atoms with van der Waals surface area (Å²) in [5.74, 6) is 0.788. The van der Waals surface area contributed by atoms with E-state index in [9.17, 15) is 9.90 Å². The number of aromatic amines is 1. The van der Waals surface area contributed by atoms with Gasteiger partial charge < -0.3 is 20.1 Å². The molecule has 3 N–H and O–H groups in total. The first-order valence-corrected chi connectivity index (χ1v) is 9.56. The molecule has 2 aromatic carbocycles. The Morgan fingerprint density at radius 2 is 1.82 bits per heavy atom. The third kappa shape index (κ3) is 4.43. The summed E-state index contributed by atoms with van der Waals surface area (Å²) in [4.78, 5) is 15.4. The molecule has 1 atom stereocenters. The fourth-order valence-electron chi connectivity index (χ4n) is 3.25. The van der Waals surface area contributed by atoms with Crippen molar-refractivity contribution < 1.29 is 9.84 Å². The topological polar surface area (TPSA) is 74.3 Å². The molecule has 0 aliphatic heterocycles. The average molecular weight is 380 g/mol. The third-order valence-electron chi connectivity index (χ3n) is 5.20. The van der Waals surface area contributed by atoms with E-state index in [0.717, 1.165) is 38.9 Å². The van der Waals surface area contributed by atoms with Crippen molar-refractivity contribution in [3.8, 4) is 5.75 Å². The van der Waals surface area contributed by atoms with Gasteiger partial charge in [0, 0.05) is 24.0 Å². The Hall–Kier alpha value is -2.63. The first kappa shape index (κ1) is 20.1.